The number of rotatable bonds is 2. The molecule has 1 aromatic rings. The van der Waals surface area contributed by atoms with Crippen molar-refractivity contribution < 1.29 is 0 Å². The third-order valence-electron chi connectivity index (χ3n) is 4.49. The summed E-state index contributed by atoms with van der Waals surface area (Å²) in [6.07, 6.45) is 6.35. The average Bonchev–Trinajstić information content (AvgIpc) is 2.43. The molecule has 0 saturated carbocycles. The fourth-order valence-electron chi connectivity index (χ4n) is 2.46. The fraction of sp³-hybridized carbons (Fsp3) is 0.529. The molecular formula is C17H29NSi. The highest BCUT2D eigenvalue weighted by Crippen LogP contribution is 2.36. The zero-order valence-corrected chi connectivity index (χ0v) is 13.8. The minimum atomic E-state index is -0.694. The number of hydrogen-bond donors (Lipinski definition) is 1. The van der Waals surface area contributed by atoms with Gasteiger partial charge in [-0.05, 0) is 16.7 Å². The van der Waals surface area contributed by atoms with E-state index in [4.69, 9.17) is 5.73 Å². The molecule has 19 heavy (non-hydrogen) atoms. The normalized spacial score (nSPS) is 21.2. The lowest BCUT2D eigenvalue weighted by Gasteiger charge is -2.34. The first kappa shape index (κ1) is 16.2. The smallest absolute Gasteiger partial charge is 0.0502 e. The molecule has 1 aliphatic rings. The molecule has 0 radical (unpaired) electrons. The van der Waals surface area contributed by atoms with Crippen LogP contribution >= 0.6 is 0 Å². The van der Waals surface area contributed by atoms with Crippen molar-refractivity contribution in [3.05, 3.63) is 42.0 Å². The SMILES string of the molecule is C=Cc1ccc(CN)cc1.CC1CCCC[Si]1(C)C. The van der Waals surface area contributed by atoms with Gasteiger partial charge in [-0.25, -0.2) is 0 Å². The van der Waals surface area contributed by atoms with Gasteiger partial charge < -0.3 is 5.73 Å². The van der Waals surface area contributed by atoms with E-state index in [1.165, 1.54) is 19.3 Å². The molecule has 2 rings (SSSR count). The Bertz CT molecular complexity index is 381. The highest BCUT2D eigenvalue weighted by atomic mass is 28.3. The second-order valence-electron chi connectivity index (χ2n) is 6.29. The predicted octanol–water partition coefficient (Wildman–Crippen LogP) is 5.06. The van der Waals surface area contributed by atoms with Crippen LogP contribution in [0.15, 0.2) is 30.8 Å². The van der Waals surface area contributed by atoms with E-state index in [1.807, 2.05) is 30.3 Å². The highest BCUT2D eigenvalue weighted by Gasteiger charge is 2.30. The van der Waals surface area contributed by atoms with Crippen LogP contribution in [0.25, 0.3) is 6.08 Å². The van der Waals surface area contributed by atoms with Crippen LogP contribution in [0.2, 0.25) is 24.7 Å². The molecule has 1 aliphatic heterocycles. The van der Waals surface area contributed by atoms with Gasteiger partial charge in [-0.3, -0.25) is 0 Å². The largest absolute Gasteiger partial charge is 0.326 e. The molecule has 0 aliphatic carbocycles. The molecule has 2 N–H and O–H groups in total. The van der Waals surface area contributed by atoms with E-state index in [1.54, 1.807) is 6.04 Å². The molecule has 1 aromatic carbocycles. The molecule has 106 valence electrons. The third-order valence-corrected chi connectivity index (χ3v) is 9.09. The van der Waals surface area contributed by atoms with Crippen LogP contribution in [0.4, 0.5) is 0 Å². The fourth-order valence-corrected chi connectivity index (χ4v) is 5.10. The summed E-state index contributed by atoms with van der Waals surface area (Å²) in [7, 11) is -0.694. The average molecular weight is 276 g/mol. The molecule has 1 heterocycles. The van der Waals surface area contributed by atoms with Gasteiger partial charge >= 0.3 is 0 Å². The number of benzene rings is 1. The molecule has 1 saturated heterocycles. The molecule has 0 amide bonds. The molecule has 0 aromatic heterocycles. The second-order valence-corrected chi connectivity index (χ2v) is 11.7. The van der Waals surface area contributed by atoms with E-state index >= 15 is 0 Å². The van der Waals surface area contributed by atoms with Gasteiger partial charge in [-0.15, -0.1) is 0 Å². The lowest BCUT2D eigenvalue weighted by Crippen LogP contribution is -2.33. The topological polar surface area (TPSA) is 26.0 Å². The monoisotopic (exact) mass is 275 g/mol. The molecule has 1 unspecified atom stereocenters. The van der Waals surface area contributed by atoms with E-state index in [0.29, 0.717) is 6.54 Å². The first-order chi connectivity index (χ1) is 8.99. The van der Waals surface area contributed by atoms with Gasteiger partial charge in [0.1, 0.15) is 0 Å². The maximum atomic E-state index is 5.42. The lowest BCUT2D eigenvalue weighted by atomic mass is 10.1. The van der Waals surface area contributed by atoms with Crippen LogP contribution in [-0.2, 0) is 6.54 Å². The Balaban J connectivity index is 0.000000191. The van der Waals surface area contributed by atoms with Crippen molar-refractivity contribution in [2.45, 2.75) is 57.4 Å². The van der Waals surface area contributed by atoms with Gasteiger partial charge in [0.05, 0.1) is 8.07 Å². The van der Waals surface area contributed by atoms with Crippen molar-refractivity contribution in [3.63, 3.8) is 0 Å². The maximum Gasteiger partial charge on any atom is 0.0502 e. The molecule has 1 atom stereocenters. The van der Waals surface area contributed by atoms with Crippen LogP contribution < -0.4 is 5.73 Å². The Labute approximate surface area is 119 Å². The van der Waals surface area contributed by atoms with Crippen molar-refractivity contribution >= 4 is 14.1 Å². The molecule has 1 nitrogen and oxygen atoms in total. The van der Waals surface area contributed by atoms with E-state index in [-0.39, 0.29) is 0 Å². The van der Waals surface area contributed by atoms with E-state index < -0.39 is 8.07 Å². The van der Waals surface area contributed by atoms with E-state index in [9.17, 15) is 0 Å². The van der Waals surface area contributed by atoms with Crippen molar-refractivity contribution in [2.75, 3.05) is 0 Å². The summed E-state index contributed by atoms with van der Waals surface area (Å²) < 4.78 is 0. The predicted molar refractivity (Wildman–Crippen MR) is 90.0 cm³/mol. The Morgan fingerprint density at radius 2 is 1.89 bits per heavy atom. The van der Waals surface area contributed by atoms with Crippen molar-refractivity contribution in [2.24, 2.45) is 5.73 Å². The minimum absolute atomic E-state index is 0.609. The zero-order chi connectivity index (χ0) is 14.3. The van der Waals surface area contributed by atoms with Gasteiger partial charge in [0.2, 0.25) is 0 Å². The third kappa shape index (κ3) is 5.33. The Kier molecular flexibility index (Phi) is 6.53. The lowest BCUT2D eigenvalue weighted by molar-refractivity contribution is 0.635. The summed E-state index contributed by atoms with van der Waals surface area (Å²) in [5, 5.41) is 0. The van der Waals surface area contributed by atoms with Crippen LogP contribution in [0.5, 0.6) is 0 Å². The van der Waals surface area contributed by atoms with E-state index in [2.05, 4.69) is 26.6 Å². The zero-order valence-electron chi connectivity index (χ0n) is 12.8. The Morgan fingerprint density at radius 1 is 1.26 bits per heavy atom. The summed E-state index contributed by atoms with van der Waals surface area (Å²) in [5.41, 5.74) is 8.80. The summed E-state index contributed by atoms with van der Waals surface area (Å²) in [5.74, 6) is 0. The Hall–Kier alpha value is -0.863. The van der Waals surface area contributed by atoms with Crippen LogP contribution in [0.3, 0.4) is 0 Å². The van der Waals surface area contributed by atoms with Crippen molar-refractivity contribution in [1.29, 1.82) is 0 Å². The number of nitrogens with two attached hydrogens (primary N) is 1. The van der Waals surface area contributed by atoms with Crippen LogP contribution in [-0.4, -0.2) is 8.07 Å². The summed E-state index contributed by atoms with van der Waals surface area (Å²) in [6, 6.07) is 9.62. The van der Waals surface area contributed by atoms with Crippen molar-refractivity contribution in [3.8, 4) is 0 Å². The van der Waals surface area contributed by atoms with Gasteiger partial charge in [-0.2, -0.15) is 0 Å². The standard InChI is InChI=1S/C9H11N.C8H18Si/c1-2-8-3-5-9(7-10)6-4-8;1-8-6-4-5-7-9(8,2)3/h2-6H,1,7,10H2;8H,4-7H2,1-3H3. The van der Waals surface area contributed by atoms with E-state index in [0.717, 1.165) is 16.7 Å². The molecule has 0 spiro atoms. The minimum Gasteiger partial charge on any atom is -0.326 e. The molecule has 0 bridgehead atoms. The molecule has 2 heteroatoms. The van der Waals surface area contributed by atoms with Gasteiger partial charge in [0, 0.05) is 6.54 Å². The second kappa shape index (κ2) is 7.66. The van der Waals surface area contributed by atoms with Crippen LogP contribution in [0.1, 0.15) is 37.3 Å². The van der Waals surface area contributed by atoms with Crippen molar-refractivity contribution in [1.82, 2.24) is 0 Å². The maximum absolute atomic E-state index is 5.42. The summed E-state index contributed by atoms with van der Waals surface area (Å²) in [6.45, 7) is 11.8. The highest BCUT2D eigenvalue weighted by molar-refractivity contribution is 6.78. The first-order valence-corrected chi connectivity index (χ1v) is 10.7. The molecular weight excluding hydrogens is 246 g/mol. The van der Waals surface area contributed by atoms with Gasteiger partial charge in [-0.1, -0.05) is 82.2 Å². The Morgan fingerprint density at radius 3 is 2.26 bits per heavy atom. The van der Waals surface area contributed by atoms with Gasteiger partial charge in [0.15, 0.2) is 0 Å². The quantitative estimate of drug-likeness (QED) is 0.750. The summed E-state index contributed by atoms with van der Waals surface area (Å²) in [4.78, 5) is 0. The summed E-state index contributed by atoms with van der Waals surface area (Å²) >= 11 is 0. The number of hydrogen-bond acceptors (Lipinski definition) is 1. The molecule has 1 fully saturated rings. The van der Waals surface area contributed by atoms with Crippen LogP contribution in [0, 0.1) is 0 Å². The van der Waals surface area contributed by atoms with Gasteiger partial charge in [0.25, 0.3) is 0 Å². The first-order valence-electron chi connectivity index (χ1n) is 7.41.